The van der Waals surface area contributed by atoms with Gasteiger partial charge in [-0.3, -0.25) is 15.0 Å². The molecule has 1 unspecified atom stereocenters. The third-order valence-corrected chi connectivity index (χ3v) is 7.06. The molecule has 10 heteroatoms. The average molecular weight is 510 g/mol. The van der Waals surface area contributed by atoms with Crippen molar-refractivity contribution >= 4 is 63.9 Å². The molecule has 5 rings (SSSR count). The van der Waals surface area contributed by atoms with Gasteiger partial charge in [-0.1, -0.05) is 82.6 Å². The zero-order chi connectivity index (χ0) is 23.7. The van der Waals surface area contributed by atoms with Crippen LogP contribution in [0.2, 0.25) is 10.0 Å². The van der Waals surface area contributed by atoms with E-state index in [0.29, 0.717) is 20.5 Å². The van der Waals surface area contributed by atoms with Crippen LogP contribution in [0.1, 0.15) is 16.5 Å². The van der Waals surface area contributed by atoms with Crippen molar-refractivity contribution < 1.29 is 9.59 Å². The van der Waals surface area contributed by atoms with Gasteiger partial charge in [0.2, 0.25) is 0 Å². The van der Waals surface area contributed by atoms with Crippen molar-refractivity contribution in [3.05, 3.63) is 98.9 Å². The molecule has 1 atom stereocenters. The predicted molar refractivity (Wildman–Crippen MR) is 134 cm³/mol. The maximum absolute atomic E-state index is 13.3. The Morgan fingerprint density at radius 3 is 2.56 bits per heavy atom. The van der Waals surface area contributed by atoms with E-state index < -0.39 is 11.3 Å². The Hall–Kier alpha value is -3.33. The number of halogens is 2. The van der Waals surface area contributed by atoms with E-state index >= 15 is 0 Å². The van der Waals surface area contributed by atoms with Gasteiger partial charge in [0.25, 0.3) is 11.8 Å². The number of carbonyl (C=O) groups is 2. The van der Waals surface area contributed by atoms with Gasteiger partial charge in [-0.2, -0.15) is 0 Å². The first kappa shape index (κ1) is 22.5. The van der Waals surface area contributed by atoms with E-state index in [1.165, 1.54) is 21.5 Å². The normalized spacial score (nSPS) is 17.0. The van der Waals surface area contributed by atoms with Crippen LogP contribution in [0.4, 0.5) is 0 Å². The molecule has 7 nitrogen and oxygen atoms in total. The fourth-order valence-electron chi connectivity index (χ4n) is 3.57. The Morgan fingerprint density at radius 2 is 1.76 bits per heavy atom. The highest BCUT2D eigenvalue weighted by Crippen LogP contribution is 2.45. The number of nitrogens with zero attached hydrogens (tertiary/aromatic N) is 4. The quantitative estimate of drug-likeness (QED) is 0.379. The van der Waals surface area contributed by atoms with Gasteiger partial charge in [0.1, 0.15) is 17.4 Å². The van der Waals surface area contributed by atoms with Crippen LogP contribution in [-0.2, 0) is 16.1 Å². The number of benzene rings is 3. The maximum atomic E-state index is 13.3. The molecule has 2 heterocycles. The molecule has 0 saturated carbocycles. The van der Waals surface area contributed by atoms with Crippen LogP contribution in [0.15, 0.2) is 77.7 Å². The summed E-state index contributed by atoms with van der Waals surface area (Å²) < 4.78 is 1.50. The monoisotopic (exact) mass is 509 g/mol. The first-order chi connectivity index (χ1) is 16.5. The van der Waals surface area contributed by atoms with E-state index in [0.717, 1.165) is 16.6 Å². The molecule has 0 bridgehead atoms. The average Bonchev–Trinajstić information content (AvgIpc) is 3.37. The van der Waals surface area contributed by atoms with E-state index in [9.17, 15) is 9.59 Å². The second-order valence-corrected chi connectivity index (χ2v) is 9.46. The minimum absolute atomic E-state index is 0.0914. The molecule has 2 amide bonds. The van der Waals surface area contributed by atoms with E-state index in [-0.39, 0.29) is 12.5 Å². The summed E-state index contributed by atoms with van der Waals surface area (Å²) in [6, 6.07) is 21.8. The number of thioether (sulfide) groups is 1. The van der Waals surface area contributed by atoms with Gasteiger partial charge in [-0.05, 0) is 47.5 Å². The summed E-state index contributed by atoms with van der Waals surface area (Å²) >= 11 is 13.7. The molecule has 4 aromatic rings. The first-order valence-electron chi connectivity index (χ1n) is 10.3. The van der Waals surface area contributed by atoms with Crippen LogP contribution in [-0.4, -0.2) is 31.8 Å². The summed E-state index contributed by atoms with van der Waals surface area (Å²) in [5.41, 5.74) is 5.71. The number of aromatic nitrogens is 3. The van der Waals surface area contributed by atoms with Crippen LogP contribution in [0.3, 0.4) is 0 Å². The van der Waals surface area contributed by atoms with Gasteiger partial charge in [0, 0.05) is 10.0 Å². The Labute approximate surface area is 209 Å². The van der Waals surface area contributed by atoms with Gasteiger partial charge in [0.15, 0.2) is 0 Å². The van der Waals surface area contributed by atoms with Crippen LogP contribution in [0, 0.1) is 0 Å². The molecular weight excluding hydrogens is 493 g/mol. The van der Waals surface area contributed by atoms with Crippen molar-refractivity contribution in [1.29, 1.82) is 0 Å². The lowest BCUT2D eigenvalue weighted by atomic mass is 10.2. The number of rotatable bonds is 5. The Kier molecular flexibility index (Phi) is 6.28. The largest absolute Gasteiger partial charge is 0.280 e. The molecule has 1 aromatic heterocycles. The number of fused-ring (bicyclic) bond motifs is 1. The predicted octanol–water partition coefficient (Wildman–Crippen LogP) is 5.08. The third kappa shape index (κ3) is 4.52. The molecule has 1 N–H and O–H groups in total. The lowest BCUT2D eigenvalue weighted by molar-refractivity contribution is -0.138. The number of hydrogen-bond donors (Lipinski definition) is 1. The van der Waals surface area contributed by atoms with Crippen molar-refractivity contribution in [3.8, 4) is 0 Å². The number of amides is 2. The second kappa shape index (κ2) is 9.50. The summed E-state index contributed by atoms with van der Waals surface area (Å²) in [6.45, 7) is -0.0914. The first-order valence-corrected chi connectivity index (χ1v) is 11.9. The highest BCUT2D eigenvalue weighted by atomic mass is 35.5. The topological polar surface area (TPSA) is 80.1 Å². The summed E-state index contributed by atoms with van der Waals surface area (Å²) in [7, 11) is 0. The van der Waals surface area contributed by atoms with Gasteiger partial charge >= 0.3 is 0 Å². The zero-order valence-electron chi connectivity index (χ0n) is 17.6. The van der Waals surface area contributed by atoms with Crippen LogP contribution in [0.25, 0.3) is 17.1 Å². The third-order valence-electron chi connectivity index (χ3n) is 5.21. The van der Waals surface area contributed by atoms with Gasteiger partial charge in [-0.15, -0.1) is 5.10 Å². The molecule has 34 heavy (non-hydrogen) atoms. The molecule has 1 aliphatic rings. The van der Waals surface area contributed by atoms with Crippen molar-refractivity contribution in [2.24, 2.45) is 0 Å². The Bertz CT molecular complexity index is 1420. The molecule has 170 valence electrons. The Balaban J connectivity index is 1.43. The van der Waals surface area contributed by atoms with Gasteiger partial charge in [0.05, 0.1) is 10.4 Å². The molecule has 1 fully saturated rings. The number of hydrogen-bond acceptors (Lipinski definition) is 5. The lowest BCUT2D eigenvalue weighted by Gasteiger charge is -2.24. The number of para-hydroxylation sites is 1. The van der Waals surface area contributed by atoms with Crippen molar-refractivity contribution in [1.82, 2.24) is 25.4 Å². The Morgan fingerprint density at radius 1 is 1.03 bits per heavy atom. The van der Waals surface area contributed by atoms with E-state index in [1.807, 2.05) is 54.6 Å². The second-order valence-electron chi connectivity index (χ2n) is 7.50. The highest BCUT2D eigenvalue weighted by Gasteiger charge is 2.38. The van der Waals surface area contributed by atoms with Crippen LogP contribution in [0.5, 0.6) is 0 Å². The number of hydrazine groups is 1. The standard InChI is InChI=1S/C24H17Cl2N5O2S/c25-17-11-9-15(10-12-17)24-31(23(33)21(34-24)13-16-5-1-2-6-18(16)26)28-22(32)14-30-20-8-4-3-7-19(20)27-29-30/h1-13,24H,14H2,(H,28,32)/b21-13-. The molecule has 1 aliphatic heterocycles. The number of carbonyl (C=O) groups excluding carboxylic acids is 2. The molecule has 1 saturated heterocycles. The summed E-state index contributed by atoms with van der Waals surface area (Å²) in [6.07, 6.45) is 1.73. The van der Waals surface area contributed by atoms with Crippen molar-refractivity contribution in [3.63, 3.8) is 0 Å². The van der Waals surface area contributed by atoms with E-state index in [1.54, 1.807) is 24.3 Å². The molecule has 3 aromatic carbocycles. The molecule has 0 aliphatic carbocycles. The highest BCUT2D eigenvalue weighted by molar-refractivity contribution is 8.04. The van der Waals surface area contributed by atoms with Gasteiger partial charge < -0.3 is 0 Å². The molecule has 0 radical (unpaired) electrons. The maximum Gasteiger partial charge on any atom is 0.280 e. The molecular formula is C24H17Cl2N5O2S. The van der Waals surface area contributed by atoms with Gasteiger partial charge in [-0.25, -0.2) is 9.69 Å². The van der Waals surface area contributed by atoms with Crippen molar-refractivity contribution in [2.75, 3.05) is 0 Å². The molecule has 0 spiro atoms. The minimum Gasteiger partial charge on any atom is -0.271 e. The minimum atomic E-state index is -0.477. The zero-order valence-corrected chi connectivity index (χ0v) is 19.9. The van der Waals surface area contributed by atoms with E-state index in [2.05, 4.69) is 15.7 Å². The summed E-state index contributed by atoms with van der Waals surface area (Å²) in [5, 5.41) is 10.1. The summed E-state index contributed by atoms with van der Waals surface area (Å²) in [4.78, 5) is 26.7. The summed E-state index contributed by atoms with van der Waals surface area (Å²) in [5.74, 6) is -0.732. The fraction of sp³-hybridized carbons (Fsp3) is 0.0833. The smallest absolute Gasteiger partial charge is 0.271 e. The van der Waals surface area contributed by atoms with E-state index in [4.69, 9.17) is 23.2 Å². The number of nitrogens with one attached hydrogen (secondary N) is 1. The van der Waals surface area contributed by atoms with Crippen molar-refractivity contribution in [2.45, 2.75) is 11.9 Å². The van der Waals surface area contributed by atoms with Crippen LogP contribution >= 0.6 is 35.0 Å². The van der Waals surface area contributed by atoms with Crippen LogP contribution < -0.4 is 5.43 Å². The lowest BCUT2D eigenvalue weighted by Crippen LogP contribution is -2.45. The SMILES string of the molecule is O=C(Cn1nnc2ccccc21)NN1C(=O)/C(=C/c2ccccc2Cl)SC1c1ccc(Cl)cc1. The fourth-order valence-corrected chi connectivity index (χ4v) is 5.07.